The fourth-order valence-corrected chi connectivity index (χ4v) is 3.02. The second-order valence-electron chi connectivity index (χ2n) is 7.51. The third kappa shape index (κ3) is 8.97. The zero-order valence-electron chi connectivity index (χ0n) is 18.6. The van der Waals surface area contributed by atoms with E-state index in [4.69, 9.17) is 18.9 Å². The molecular formula is C25H34O5. The Hall–Kier alpha value is -2.37. The molecule has 0 radical (unpaired) electrons. The number of hydrogen-bond acceptors (Lipinski definition) is 5. The lowest BCUT2D eigenvalue weighted by molar-refractivity contribution is 0.0667. The lowest BCUT2D eigenvalue weighted by atomic mass is 10.1. The predicted octanol–water partition coefficient (Wildman–Crippen LogP) is 5.98. The van der Waals surface area contributed by atoms with Crippen LogP contribution in [0.5, 0.6) is 11.5 Å². The minimum absolute atomic E-state index is 0.158. The van der Waals surface area contributed by atoms with Crippen LogP contribution in [0, 0.1) is 0 Å². The molecule has 2 aromatic rings. The number of hydrogen-bond donors (Lipinski definition) is 0. The third-order valence-corrected chi connectivity index (χ3v) is 4.51. The van der Waals surface area contributed by atoms with E-state index in [0.717, 1.165) is 50.0 Å². The lowest BCUT2D eigenvalue weighted by Gasteiger charge is -2.13. The molecule has 0 saturated heterocycles. The molecule has 0 amide bonds. The Kier molecular flexibility index (Phi) is 10.4. The van der Waals surface area contributed by atoms with E-state index in [1.54, 1.807) is 24.3 Å². The van der Waals surface area contributed by atoms with Gasteiger partial charge >= 0.3 is 6.16 Å². The van der Waals surface area contributed by atoms with Crippen LogP contribution >= 0.6 is 0 Å². The molecule has 30 heavy (non-hydrogen) atoms. The number of carbonyl (C=O) groups is 1. The van der Waals surface area contributed by atoms with E-state index in [1.165, 1.54) is 0 Å². The zero-order chi connectivity index (χ0) is 21.8. The summed E-state index contributed by atoms with van der Waals surface area (Å²) in [6.45, 7) is 9.83. The minimum atomic E-state index is -0.755. The molecule has 0 aliphatic carbocycles. The first-order valence-electron chi connectivity index (χ1n) is 10.8. The molecule has 0 fully saturated rings. The average molecular weight is 415 g/mol. The van der Waals surface area contributed by atoms with Gasteiger partial charge in [0, 0.05) is 13.2 Å². The van der Waals surface area contributed by atoms with Gasteiger partial charge in [0.05, 0.1) is 12.2 Å². The Labute approximate surface area is 180 Å². The second kappa shape index (κ2) is 13.0. The maximum absolute atomic E-state index is 12.1. The van der Waals surface area contributed by atoms with Crippen molar-refractivity contribution in [2.75, 3.05) is 13.2 Å². The summed E-state index contributed by atoms with van der Waals surface area (Å²) < 4.78 is 21.9. The van der Waals surface area contributed by atoms with Crippen molar-refractivity contribution in [1.29, 1.82) is 0 Å². The fraction of sp³-hybridized carbons (Fsp3) is 0.480. The second-order valence-corrected chi connectivity index (χ2v) is 7.51. The van der Waals surface area contributed by atoms with Crippen LogP contribution in [0.4, 0.5) is 4.79 Å². The van der Waals surface area contributed by atoms with Crippen molar-refractivity contribution in [2.24, 2.45) is 0 Å². The molecule has 2 unspecified atom stereocenters. The van der Waals surface area contributed by atoms with Crippen molar-refractivity contribution >= 4 is 6.16 Å². The van der Waals surface area contributed by atoms with Crippen LogP contribution in [0.25, 0.3) is 0 Å². The standard InChI is InChI=1S/C25H34O5/c1-5-15-27-19(3)17-21-7-11-23(12-8-21)29-25(26)30-24-13-9-22(10-14-24)18-20(4)28-16-6-2/h7-14,19-20H,5-6,15-18H2,1-4H3. The number of carbonyl (C=O) groups excluding carboxylic acids is 1. The number of ether oxygens (including phenoxy) is 4. The zero-order valence-corrected chi connectivity index (χ0v) is 18.6. The van der Waals surface area contributed by atoms with Crippen LogP contribution in [-0.2, 0) is 22.3 Å². The van der Waals surface area contributed by atoms with E-state index in [0.29, 0.717) is 11.5 Å². The fourth-order valence-electron chi connectivity index (χ4n) is 3.02. The van der Waals surface area contributed by atoms with Crippen LogP contribution in [0.1, 0.15) is 51.7 Å². The first-order chi connectivity index (χ1) is 14.5. The Morgan fingerprint density at radius 1 is 0.700 bits per heavy atom. The SMILES string of the molecule is CCCOC(C)Cc1ccc(OC(=O)Oc2ccc(CC(C)OCCC)cc2)cc1. The molecule has 0 spiro atoms. The third-order valence-electron chi connectivity index (χ3n) is 4.51. The summed E-state index contributed by atoms with van der Waals surface area (Å²) in [6, 6.07) is 14.8. The molecule has 0 aliphatic heterocycles. The minimum Gasteiger partial charge on any atom is -0.395 e. The van der Waals surface area contributed by atoms with Crippen molar-refractivity contribution in [1.82, 2.24) is 0 Å². The van der Waals surface area contributed by atoms with Crippen LogP contribution in [0.2, 0.25) is 0 Å². The van der Waals surface area contributed by atoms with Crippen molar-refractivity contribution in [3.63, 3.8) is 0 Å². The van der Waals surface area contributed by atoms with Gasteiger partial charge in [-0.2, -0.15) is 0 Å². The first kappa shape index (κ1) is 23.9. The molecule has 5 nitrogen and oxygen atoms in total. The van der Waals surface area contributed by atoms with Gasteiger partial charge in [-0.3, -0.25) is 0 Å². The Bertz CT molecular complexity index is 676. The van der Waals surface area contributed by atoms with Crippen LogP contribution in [-0.4, -0.2) is 31.6 Å². The highest BCUT2D eigenvalue weighted by molar-refractivity contribution is 5.67. The van der Waals surface area contributed by atoms with E-state index < -0.39 is 6.16 Å². The highest BCUT2D eigenvalue weighted by Crippen LogP contribution is 2.18. The summed E-state index contributed by atoms with van der Waals surface area (Å²) in [5.74, 6) is 0.897. The molecule has 0 saturated carbocycles. The normalized spacial score (nSPS) is 12.9. The molecule has 0 heterocycles. The van der Waals surface area contributed by atoms with Crippen LogP contribution in [0.15, 0.2) is 48.5 Å². The molecule has 5 heteroatoms. The van der Waals surface area contributed by atoms with Crippen molar-refractivity contribution in [3.8, 4) is 11.5 Å². The Balaban J connectivity index is 1.79. The average Bonchev–Trinajstić information content (AvgIpc) is 2.73. The highest BCUT2D eigenvalue weighted by Gasteiger charge is 2.10. The molecule has 2 rings (SSSR count). The van der Waals surface area contributed by atoms with E-state index in [1.807, 2.05) is 24.3 Å². The molecule has 164 valence electrons. The van der Waals surface area contributed by atoms with E-state index >= 15 is 0 Å². The highest BCUT2D eigenvalue weighted by atomic mass is 16.7. The van der Waals surface area contributed by atoms with E-state index in [9.17, 15) is 4.79 Å². The van der Waals surface area contributed by atoms with Gasteiger partial charge in [-0.05, 0) is 74.9 Å². The molecule has 2 atom stereocenters. The summed E-state index contributed by atoms with van der Waals surface area (Å²) in [7, 11) is 0. The molecular weight excluding hydrogens is 380 g/mol. The molecule has 0 bridgehead atoms. The first-order valence-corrected chi connectivity index (χ1v) is 10.8. The van der Waals surface area contributed by atoms with Gasteiger partial charge in [0.25, 0.3) is 0 Å². The Morgan fingerprint density at radius 2 is 1.07 bits per heavy atom. The largest absolute Gasteiger partial charge is 0.519 e. The summed E-state index contributed by atoms with van der Waals surface area (Å²) in [5.41, 5.74) is 2.26. The topological polar surface area (TPSA) is 54.0 Å². The van der Waals surface area contributed by atoms with Gasteiger partial charge in [0.2, 0.25) is 0 Å². The number of rotatable bonds is 12. The summed E-state index contributed by atoms with van der Waals surface area (Å²) in [4.78, 5) is 12.1. The van der Waals surface area contributed by atoms with E-state index in [-0.39, 0.29) is 12.2 Å². The van der Waals surface area contributed by atoms with Crippen LogP contribution in [0.3, 0.4) is 0 Å². The molecule has 0 aliphatic rings. The van der Waals surface area contributed by atoms with Crippen LogP contribution < -0.4 is 9.47 Å². The monoisotopic (exact) mass is 414 g/mol. The summed E-state index contributed by atoms with van der Waals surface area (Å²) >= 11 is 0. The van der Waals surface area contributed by atoms with Crippen molar-refractivity contribution in [3.05, 3.63) is 59.7 Å². The van der Waals surface area contributed by atoms with E-state index in [2.05, 4.69) is 27.7 Å². The molecule has 0 aromatic heterocycles. The maximum Gasteiger partial charge on any atom is 0.519 e. The lowest BCUT2D eigenvalue weighted by Crippen LogP contribution is -2.14. The van der Waals surface area contributed by atoms with Gasteiger partial charge < -0.3 is 18.9 Å². The molecule has 2 aromatic carbocycles. The van der Waals surface area contributed by atoms with Gasteiger partial charge in [-0.25, -0.2) is 4.79 Å². The van der Waals surface area contributed by atoms with Crippen molar-refractivity contribution in [2.45, 2.75) is 65.6 Å². The smallest absolute Gasteiger partial charge is 0.395 e. The summed E-state index contributed by atoms with van der Waals surface area (Å²) in [5, 5.41) is 0. The predicted molar refractivity (Wildman–Crippen MR) is 118 cm³/mol. The van der Waals surface area contributed by atoms with Gasteiger partial charge in [-0.15, -0.1) is 0 Å². The van der Waals surface area contributed by atoms with Gasteiger partial charge in [0.1, 0.15) is 11.5 Å². The molecule has 0 N–H and O–H groups in total. The van der Waals surface area contributed by atoms with Gasteiger partial charge in [0.15, 0.2) is 0 Å². The Morgan fingerprint density at radius 3 is 1.40 bits per heavy atom. The number of benzene rings is 2. The maximum atomic E-state index is 12.1. The van der Waals surface area contributed by atoms with Crippen molar-refractivity contribution < 1.29 is 23.7 Å². The van der Waals surface area contributed by atoms with Gasteiger partial charge in [-0.1, -0.05) is 38.1 Å². The summed E-state index contributed by atoms with van der Waals surface area (Å²) in [6.07, 6.45) is 3.22. The quantitative estimate of drug-likeness (QED) is 0.316.